The zero-order chi connectivity index (χ0) is 27.4. The van der Waals surface area contributed by atoms with Crippen LogP contribution in [0.3, 0.4) is 0 Å². The summed E-state index contributed by atoms with van der Waals surface area (Å²) in [5, 5.41) is 9.58. The summed E-state index contributed by atoms with van der Waals surface area (Å²) in [5.41, 5.74) is 0. The van der Waals surface area contributed by atoms with Gasteiger partial charge in [0, 0.05) is 18.3 Å². The molecule has 1 aliphatic carbocycles. The Hall–Kier alpha value is -0.880. The Balaban J connectivity index is 1.73. The fourth-order valence-corrected chi connectivity index (χ4v) is 6.95. The SMILES string of the molecule is [CH2]CCCCCCCCC(C#N)CCCCC(=O)[C]1OC2CC(CCCCCC)C1CC2CCCCCC. The molecule has 2 saturated heterocycles. The molecular weight excluding hydrogens is 466 g/mol. The van der Waals surface area contributed by atoms with E-state index in [2.05, 4.69) is 26.8 Å². The lowest BCUT2D eigenvalue weighted by molar-refractivity contribution is -0.153. The molecule has 0 N–H and O–H groups in total. The first-order valence-electron chi connectivity index (χ1n) is 16.9. The third-order valence-corrected chi connectivity index (χ3v) is 9.38. The maximum atomic E-state index is 13.3. The predicted octanol–water partition coefficient (Wildman–Crippen LogP) is 10.7. The predicted molar refractivity (Wildman–Crippen MR) is 160 cm³/mol. The smallest absolute Gasteiger partial charge is 0.168 e. The molecule has 3 fully saturated rings. The summed E-state index contributed by atoms with van der Waals surface area (Å²) >= 11 is 0. The summed E-state index contributed by atoms with van der Waals surface area (Å²) in [4.78, 5) is 13.3. The third kappa shape index (κ3) is 12.5. The number of carbonyl (C=O) groups is 1. The number of fused-ring (bicyclic) bond motifs is 3. The van der Waals surface area contributed by atoms with Crippen LogP contribution in [0.2, 0.25) is 0 Å². The minimum absolute atomic E-state index is 0.153. The number of ketones is 1. The van der Waals surface area contributed by atoms with Crippen LogP contribution in [0.5, 0.6) is 0 Å². The minimum atomic E-state index is 0.153. The normalized spacial score (nSPS) is 23.9. The number of nitrogens with zero attached hydrogens (tertiary/aromatic N) is 1. The molecule has 0 aromatic carbocycles. The van der Waals surface area contributed by atoms with E-state index < -0.39 is 0 Å². The molecule has 2 aliphatic heterocycles. The largest absolute Gasteiger partial charge is 0.360 e. The van der Waals surface area contributed by atoms with E-state index in [4.69, 9.17) is 4.74 Å². The molecule has 1 saturated carbocycles. The van der Waals surface area contributed by atoms with Gasteiger partial charge in [-0.05, 0) is 56.8 Å². The van der Waals surface area contributed by atoms with Gasteiger partial charge in [0.15, 0.2) is 11.9 Å². The van der Waals surface area contributed by atoms with Crippen molar-refractivity contribution < 1.29 is 9.53 Å². The van der Waals surface area contributed by atoms with Crippen molar-refractivity contribution in [1.29, 1.82) is 5.26 Å². The minimum Gasteiger partial charge on any atom is -0.360 e. The lowest BCUT2D eigenvalue weighted by Crippen LogP contribution is -2.49. The zero-order valence-electron chi connectivity index (χ0n) is 25.3. The Bertz CT molecular complexity index is 640. The van der Waals surface area contributed by atoms with E-state index in [0.29, 0.717) is 24.2 Å². The van der Waals surface area contributed by atoms with Gasteiger partial charge < -0.3 is 4.74 Å². The zero-order valence-corrected chi connectivity index (χ0v) is 25.3. The van der Waals surface area contributed by atoms with E-state index in [1.54, 1.807) is 0 Å². The molecule has 2 radical (unpaired) electrons. The second kappa shape index (κ2) is 20.9. The fraction of sp³-hybridized carbons (Fsp3) is 0.886. The maximum absolute atomic E-state index is 13.3. The molecule has 0 aromatic heterocycles. The van der Waals surface area contributed by atoms with Crippen molar-refractivity contribution in [2.24, 2.45) is 23.7 Å². The topological polar surface area (TPSA) is 50.1 Å². The quantitative estimate of drug-likeness (QED) is 0.117. The number of Topliss-reactive ketones (excluding diaryl/α,β-unsaturated/α-hetero) is 1. The Morgan fingerprint density at radius 1 is 0.816 bits per heavy atom. The van der Waals surface area contributed by atoms with E-state index >= 15 is 0 Å². The molecule has 3 heteroatoms. The van der Waals surface area contributed by atoms with Crippen molar-refractivity contribution in [2.75, 3.05) is 0 Å². The first-order valence-corrected chi connectivity index (χ1v) is 16.9. The van der Waals surface area contributed by atoms with Gasteiger partial charge in [-0.15, -0.1) is 0 Å². The van der Waals surface area contributed by atoms with Gasteiger partial charge in [0.05, 0.1) is 12.2 Å². The monoisotopic (exact) mass is 527 g/mol. The highest BCUT2D eigenvalue weighted by Gasteiger charge is 2.50. The highest BCUT2D eigenvalue weighted by atomic mass is 16.5. The molecule has 3 nitrogen and oxygen atoms in total. The standard InChI is InChI=1S/C35H61NO2/c1-4-7-10-13-14-15-16-21-29(28-36)22-19-20-25-33(37)35-32-26-31(24-18-12-9-6-3)34(38-35)27-30(32)23-17-11-8-5-2/h29-32,34H,1,4-27H2,2-3H3. The van der Waals surface area contributed by atoms with E-state index in [9.17, 15) is 10.1 Å². The van der Waals surface area contributed by atoms with Crippen LogP contribution >= 0.6 is 0 Å². The van der Waals surface area contributed by atoms with Crippen LogP contribution in [-0.4, -0.2) is 11.9 Å². The number of carbonyl (C=O) groups excluding carboxylic acids is 1. The summed E-state index contributed by atoms with van der Waals surface area (Å²) in [6, 6.07) is 2.53. The van der Waals surface area contributed by atoms with Gasteiger partial charge in [0.1, 0.15) is 0 Å². The number of nitriles is 1. The average Bonchev–Trinajstić information content (AvgIpc) is 2.94. The molecule has 0 spiro atoms. The molecule has 0 aromatic rings. The van der Waals surface area contributed by atoms with Gasteiger partial charge in [-0.1, -0.05) is 124 Å². The fourth-order valence-electron chi connectivity index (χ4n) is 6.95. The van der Waals surface area contributed by atoms with Gasteiger partial charge in [0.25, 0.3) is 0 Å². The number of rotatable bonds is 24. The molecule has 2 heterocycles. The van der Waals surface area contributed by atoms with Gasteiger partial charge in [0.2, 0.25) is 0 Å². The van der Waals surface area contributed by atoms with Crippen LogP contribution in [0.1, 0.15) is 168 Å². The van der Waals surface area contributed by atoms with Crippen molar-refractivity contribution in [3.8, 4) is 6.07 Å². The Labute approximate surface area is 237 Å². The molecule has 3 aliphatic rings. The highest BCUT2D eigenvalue weighted by molar-refractivity contribution is 5.91. The van der Waals surface area contributed by atoms with E-state index in [1.807, 2.05) is 0 Å². The van der Waals surface area contributed by atoms with Gasteiger partial charge in [-0.25, -0.2) is 0 Å². The molecule has 218 valence electrons. The van der Waals surface area contributed by atoms with Crippen molar-refractivity contribution in [3.63, 3.8) is 0 Å². The summed E-state index contributed by atoms with van der Waals surface area (Å²) in [5.74, 6) is 2.10. The first kappa shape index (κ1) is 33.3. The lowest BCUT2D eigenvalue weighted by Gasteiger charge is -2.50. The van der Waals surface area contributed by atoms with Gasteiger partial charge >= 0.3 is 0 Å². The molecule has 2 bridgehead atoms. The van der Waals surface area contributed by atoms with Crippen LogP contribution in [-0.2, 0) is 9.53 Å². The molecule has 5 unspecified atom stereocenters. The number of hydrogen-bond donors (Lipinski definition) is 0. The number of ether oxygens (including phenoxy) is 1. The highest BCUT2D eigenvalue weighted by Crippen LogP contribution is 2.51. The van der Waals surface area contributed by atoms with Crippen LogP contribution in [0.15, 0.2) is 0 Å². The van der Waals surface area contributed by atoms with Crippen LogP contribution in [0.4, 0.5) is 0 Å². The van der Waals surface area contributed by atoms with Crippen molar-refractivity contribution in [2.45, 2.75) is 174 Å². The van der Waals surface area contributed by atoms with Crippen molar-refractivity contribution in [3.05, 3.63) is 13.0 Å². The lowest BCUT2D eigenvalue weighted by atomic mass is 9.64. The summed E-state index contributed by atoms with van der Waals surface area (Å²) < 4.78 is 6.49. The maximum Gasteiger partial charge on any atom is 0.168 e. The third-order valence-electron chi connectivity index (χ3n) is 9.38. The molecule has 3 rings (SSSR count). The van der Waals surface area contributed by atoms with Crippen LogP contribution in [0, 0.1) is 48.0 Å². The van der Waals surface area contributed by atoms with E-state index in [1.165, 1.54) is 109 Å². The van der Waals surface area contributed by atoms with E-state index in [-0.39, 0.29) is 17.8 Å². The first-order chi connectivity index (χ1) is 18.6. The van der Waals surface area contributed by atoms with Crippen molar-refractivity contribution in [1.82, 2.24) is 0 Å². The summed E-state index contributed by atoms with van der Waals surface area (Å²) in [7, 11) is 0. The van der Waals surface area contributed by atoms with Gasteiger partial charge in [-0.3, -0.25) is 4.79 Å². The Morgan fingerprint density at radius 3 is 2.00 bits per heavy atom. The molecule has 38 heavy (non-hydrogen) atoms. The Kier molecular flexibility index (Phi) is 18.4. The summed E-state index contributed by atoms with van der Waals surface area (Å²) in [6.45, 7) is 8.46. The number of hydrogen-bond acceptors (Lipinski definition) is 3. The van der Waals surface area contributed by atoms with E-state index in [0.717, 1.165) is 44.6 Å². The number of unbranched alkanes of at least 4 members (excludes halogenated alkanes) is 13. The van der Waals surface area contributed by atoms with Crippen molar-refractivity contribution >= 4 is 5.78 Å². The molecular formula is C35H61NO2. The molecule has 0 amide bonds. The second-order valence-electron chi connectivity index (χ2n) is 12.6. The Morgan fingerprint density at radius 2 is 1.39 bits per heavy atom. The van der Waals surface area contributed by atoms with Gasteiger partial charge in [-0.2, -0.15) is 5.26 Å². The second-order valence-corrected chi connectivity index (χ2v) is 12.6. The molecule has 5 atom stereocenters. The van der Waals surface area contributed by atoms with Crippen LogP contribution < -0.4 is 0 Å². The summed E-state index contributed by atoms with van der Waals surface area (Å²) in [6.07, 6.45) is 29.5. The average molecular weight is 528 g/mol. The van der Waals surface area contributed by atoms with Crippen LogP contribution in [0.25, 0.3) is 0 Å².